The van der Waals surface area contributed by atoms with E-state index in [9.17, 15) is 14.4 Å². The highest BCUT2D eigenvalue weighted by atomic mass is 16.4. The highest BCUT2D eigenvalue weighted by Crippen LogP contribution is 2.06. The second-order valence-electron chi connectivity index (χ2n) is 5.13. The van der Waals surface area contributed by atoms with Crippen molar-refractivity contribution in [1.29, 1.82) is 0 Å². The largest absolute Gasteiger partial charge is 0.480 e. The minimum atomic E-state index is -1.07. The first kappa shape index (κ1) is 17.3. The molecule has 7 nitrogen and oxygen atoms in total. The average molecular weight is 330 g/mol. The molecule has 0 aliphatic heterocycles. The number of carboxylic acid groups (broad SMARTS) is 1. The highest BCUT2D eigenvalue weighted by molar-refractivity contribution is 5.96. The zero-order valence-corrected chi connectivity index (χ0v) is 13.1. The summed E-state index contributed by atoms with van der Waals surface area (Å²) >= 11 is 0. The maximum atomic E-state index is 12.0. The lowest BCUT2D eigenvalue weighted by Gasteiger charge is -2.12. The summed E-state index contributed by atoms with van der Waals surface area (Å²) < 4.78 is 4.99. The minimum absolute atomic E-state index is 0.227. The smallest absolute Gasteiger partial charge is 0.326 e. The Morgan fingerprint density at radius 1 is 1.12 bits per heavy atom. The summed E-state index contributed by atoms with van der Waals surface area (Å²) in [7, 11) is 0. The summed E-state index contributed by atoms with van der Waals surface area (Å²) in [5.74, 6) is -1.61. The van der Waals surface area contributed by atoms with Gasteiger partial charge in [0.25, 0.3) is 11.8 Å². The first-order chi connectivity index (χ1) is 11.5. The Kier molecular flexibility index (Phi) is 5.73. The first-order valence-electron chi connectivity index (χ1n) is 7.45. The monoisotopic (exact) mass is 330 g/mol. The van der Waals surface area contributed by atoms with Crippen molar-refractivity contribution in [3.8, 4) is 0 Å². The highest BCUT2D eigenvalue weighted by Gasteiger charge is 2.18. The Labute approximate surface area is 138 Å². The third-order valence-corrected chi connectivity index (χ3v) is 3.43. The van der Waals surface area contributed by atoms with Gasteiger partial charge in [0.15, 0.2) is 5.76 Å². The van der Waals surface area contributed by atoms with E-state index in [0.717, 1.165) is 5.56 Å². The molecule has 2 amide bonds. The molecule has 0 aliphatic carbocycles. The molecule has 3 N–H and O–H groups in total. The number of hydrogen-bond donors (Lipinski definition) is 3. The molecule has 0 fully saturated rings. The van der Waals surface area contributed by atoms with Crippen LogP contribution in [0.15, 0.2) is 47.1 Å². The number of aliphatic carboxylic acids is 1. The molecule has 1 aromatic heterocycles. The molecule has 7 heteroatoms. The summed E-state index contributed by atoms with van der Waals surface area (Å²) in [5.41, 5.74) is 1.16. The number of nitrogens with one attached hydrogen (secondary N) is 2. The van der Waals surface area contributed by atoms with Crippen molar-refractivity contribution in [1.82, 2.24) is 10.6 Å². The SMILES string of the molecule is CCC(NC(=O)c1ccc(CNC(=O)c2ccco2)cc1)C(=O)O. The number of carbonyl (C=O) groups excluding carboxylic acids is 2. The van der Waals surface area contributed by atoms with Gasteiger partial charge >= 0.3 is 5.97 Å². The van der Waals surface area contributed by atoms with Crippen LogP contribution in [-0.2, 0) is 11.3 Å². The number of hydrogen-bond acceptors (Lipinski definition) is 4. The van der Waals surface area contributed by atoms with Crippen LogP contribution in [0.5, 0.6) is 0 Å². The maximum absolute atomic E-state index is 12.0. The molecule has 1 aromatic carbocycles. The Morgan fingerprint density at radius 2 is 1.83 bits per heavy atom. The predicted molar refractivity (Wildman–Crippen MR) is 85.5 cm³/mol. The third-order valence-electron chi connectivity index (χ3n) is 3.43. The van der Waals surface area contributed by atoms with E-state index in [1.54, 1.807) is 43.3 Å². The van der Waals surface area contributed by atoms with E-state index in [0.29, 0.717) is 12.0 Å². The van der Waals surface area contributed by atoms with Crippen LogP contribution in [0.3, 0.4) is 0 Å². The second kappa shape index (κ2) is 7.96. The molecule has 0 saturated carbocycles. The molecule has 0 saturated heterocycles. The Balaban J connectivity index is 1.91. The summed E-state index contributed by atoms with van der Waals surface area (Å²) in [6.45, 7) is 1.97. The van der Waals surface area contributed by atoms with E-state index < -0.39 is 17.9 Å². The van der Waals surface area contributed by atoms with Gasteiger partial charge in [-0.2, -0.15) is 0 Å². The lowest BCUT2D eigenvalue weighted by atomic mass is 10.1. The zero-order valence-electron chi connectivity index (χ0n) is 13.1. The molecule has 0 radical (unpaired) electrons. The van der Waals surface area contributed by atoms with Crippen LogP contribution in [-0.4, -0.2) is 28.9 Å². The van der Waals surface area contributed by atoms with Crippen molar-refractivity contribution in [3.63, 3.8) is 0 Å². The first-order valence-corrected chi connectivity index (χ1v) is 7.45. The van der Waals surface area contributed by atoms with Crippen molar-refractivity contribution < 1.29 is 23.9 Å². The van der Waals surface area contributed by atoms with E-state index in [4.69, 9.17) is 9.52 Å². The molecular weight excluding hydrogens is 312 g/mol. The molecular formula is C17H18N2O5. The number of carbonyl (C=O) groups is 3. The lowest BCUT2D eigenvalue weighted by molar-refractivity contribution is -0.139. The number of amides is 2. The van der Waals surface area contributed by atoms with Crippen LogP contribution in [0, 0.1) is 0 Å². The lowest BCUT2D eigenvalue weighted by Crippen LogP contribution is -2.40. The Hall–Kier alpha value is -3.09. The quantitative estimate of drug-likeness (QED) is 0.717. The van der Waals surface area contributed by atoms with Crippen LogP contribution in [0.2, 0.25) is 0 Å². The van der Waals surface area contributed by atoms with Gasteiger partial charge in [0.2, 0.25) is 0 Å². The van der Waals surface area contributed by atoms with Gasteiger partial charge in [-0.3, -0.25) is 9.59 Å². The van der Waals surface area contributed by atoms with Crippen molar-refractivity contribution in [3.05, 3.63) is 59.5 Å². The molecule has 2 rings (SSSR count). The van der Waals surface area contributed by atoms with Crippen molar-refractivity contribution in [2.24, 2.45) is 0 Å². The summed E-state index contributed by atoms with van der Waals surface area (Å²) in [4.78, 5) is 34.7. The third kappa shape index (κ3) is 4.45. The van der Waals surface area contributed by atoms with Gasteiger partial charge in [0.1, 0.15) is 6.04 Å². The number of rotatable bonds is 7. The van der Waals surface area contributed by atoms with Crippen molar-refractivity contribution >= 4 is 17.8 Å². The van der Waals surface area contributed by atoms with E-state index in [1.807, 2.05) is 0 Å². The van der Waals surface area contributed by atoms with E-state index in [-0.39, 0.29) is 18.2 Å². The topological polar surface area (TPSA) is 109 Å². The van der Waals surface area contributed by atoms with Gasteiger partial charge < -0.3 is 20.2 Å². The van der Waals surface area contributed by atoms with Gasteiger partial charge in [-0.25, -0.2) is 4.79 Å². The molecule has 2 aromatic rings. The molecule has 1 unspecified atom stereocenters. The van der Waals surface area contributed by atoms with Gasteiger partial charge in [0.05, 0.1) is 6.26 Å². The molecule has 126 valence electrons. The van der Waals surface area contributed by atoms with Crippen LogP contribution >= 0.6 is 0 Å². The normalized spacial score (nSPS) is 11.5. The fourth-order valence-electron chi connectivity index (χ4n) is 2.03. The predicted octanol–water partition coefficient (Wildman–Crippen LogP) is 1.80. The standard InChI is InChI=1S/C17H18N2O5/c1-2-13(17(22)23)19-15(20)12-7-5-11(6-8-12)10-18-16(21)14-4-3-9-24-14/h3-9,13H,2,10H2,1H3,(H,18,21)(H,19,20)(H,22,23). The Morgan fingerprint density at radius 3 is 2.38 bits per heavy atom. The van der Waals surface area contributed by atoms with E-state index in [2.05, 4.69) is 10.6 Å². The molecule has 1 heterocycles. The fraction of sp³-hybridized carbons (Fsp3) is 0.235. The second-order valence-corrected chi connectivity index (χ2v) is 5.13. The van der Waals surface area contributed by atoms with Crippen LogP contribution < -0.4 is 10.6 Å². The molecule has 24 heavy (non-hydrogen) atoms. The zero-order chi connectivity index (χ0) is 17.5. The summed E-state index contributed by atoms with van der Waals surface area (Å²) in [5, 5.41) is 14.1. The molecule has 1 atom stereocenters. The van der Waals surface area contributed by atoms with Crippen molar-refractivity contribution in [2.45, 2.75) is 25.9 Å². The number of furan rings is 1. The van der Waals surface area contributed by atoms with Gasteiger partial charge in [-0.15, -0.1) is 0 Å². The number of carboxylic acids is 1. The van der Waals surface area contributed by atoms with E-state index >= 15 is 0 Å². The average Bonchev–Trinajstić information content (AvgIpc) is 3.12. The number of benzene rings is 1. The fourth-order valence-corrected chi connectivity index (χ4v) is 2.03. The van der Waals surface area contributed by atoms with Crippen LogP contribution in [0.4, 0.5) is 0 Å². The van der Waals surface area contributed by atoms with Gasteiger partial charge in [0, 0.05) is 12.1 Å². The molecule has 0 aliphatic rings. The Bertz CT molecular complexity index is 707. The van der Waals surface area contributed by atoms with Gasteiger partial charge in [-0.05, 0) is 36.2 Å². The van der Waals surface area contributed by atoms with Crippen molar-refractivity contribution in [2.75, 3.05) is 0 Å². The van der Waals surface area contributed by atoms with Gasteiger partial charge in [-0.1, -0.05) is 19.1 Å². The maximum Gasteiger partial charge on any atom is 0.326 e. The molecule has 0 spiro atoms. The summed E-state index contributed by atoms with van der Waals surface area (Å²) in [6.07, 6.45) is 1.72. The molecule has 0 bridgehead atoms. The van der Waals surface area contributed by atoms with E-state index in [1.165, 1.54) is 6.26 Å². The van der Waals surface area contributed by atoms with Crippen LogP contribution in [0.1, 0.15) is 39.8 Å². The summed E-state index contributed by atoms with van der Waals surface area (Å²) in [6, 6.07) is 8.83. The van der Waals surface area contributed by atoms with Crippen LogP contribution in [0.25, 0.3) is 0 Å². The minimum Gasteiger partial charge on any atom is -0.480 e.